The maximum atomic E-state index is 3.51. The molecule has 2 nitrogen and oxygen atoms in total. The summed E-state index contributed by atoms with van der Waals surface area (Å²) in [7, 11) is 0. The monoisotopic (exact) mass is 224 g/mol. The van der Waals surface area contributed by atoms with Gasteiger partial charge < -0.3 is 10.2 Å². The lowest BCUT2D eigenvalue weighted by molar-refractivity contribution is 0.0853. The van der Waals surface area contributed by atoms with Crippen LogP contribution in [-0.2, 0) is 0 Å². The molecule has 1 heterocycles. The van der Waals surface area contributed by atoms with Gasteiger partial charge in [-0.05, 0) is 50.6 Å². The van der Waals surface area contributed by atoms with Gasteiger partial charge in [0.1, 0.15) is 0 Å². The third-order valence-corrected chi connectivity index (χ3v) is 4.13. The van der Waals surface area contributed by atoms with Crippen LogP contribution < -0.4 is 5.32 Å². The van der Waals surface area contributed by atoms with Crippen molar-refractivity contribution in [2.24, 2.45) is 11.8 Å². The highest BCUT2D eigenvalue weighted by Crippen LogP contribution is 2.34. The summed E-state index contributed by atoms with van der Waals surface area (Å²) in [4.78, 5) is 2.72. The minimum absolute atomic E-state index is 0.640. The lowest BCUT2D eigenvalue weighted by Gasteiger charge is -2.41. The minimum Gasteiger partial charge on any atom is -0.314 e. The Labute approximate surface area is 101 Å². The predicted octanol–water partition coefficient (Wildman–Crippen LogP) is 2.50. The molecule has 2 aliphatic rings. The number of nitrogens with one attached hydrogen (secondary N) is 1. The van der Waals surface area contributed by atoms with E-state index in [4.69, 9.17) is 0 Å². The van der Waals surface area contributed by atoms with Crippen LogP contribution in [0.25, 0.3) is 0 Å². The molecule has 0 spiro atoms. The summed E-state index contributed by atoms with van der Waals surface area (Å²) >= 11 is 0. The van der Waals surface area contributed by atoms with E-state index in [0.29, 0.717) is 6.04 Å². The van der Waals surface area contributed by atoms with Crippen LogP contribution in [-0.4, -0.2) is 37.1 Å². The van der Waals surface area contributed by atoms with Crippen LogP contribution in [0.15, 0.2) is 0 Å². The molecule has 0 radical (unpaired) electrons. The first kappa shape index (κ1) is 12.4. The smallest absolute Gasteiger partial charge is 0.00103 e. The fraction of sp³-hybridized carbons (Fsp3) is 1.00. The van der Waals surface area contributed by atoms with Gasteiger partial charge >= 0.3 is 0 Å². The lowest BCUT2D eigenvalue weighted by Crippen LogP contribution is -2.43. The Morgan fingerprint density at radius 2 is 1.88 bits per heavy atom. The average molecular weight is 224 g/mol. The molecular weight excluding hydrogens is 196 g/mol. The molecule has 0 aromatic heterocycles. The van der Waals surface area contributed by atoms with Crippen LogP contribution in [0.2, 0.25) is 0 Å². The van der Waals surface area contributed by atoms with Crippen molar-refractivity contribution in [3.63, 3.8) is 0 Å². The molecular formula is C14H28N2. The molecule has 94 valence electrons. The van der Waals surface area contributed by atoms with Gasteiger partial charge in [0, 0.05) is 19.1 Å². The zero-order valence-corrected chi connectivity index (χ0v) is 11.0. The van der Waals surface area contributed by atoms with Gasteiger partial charge in [0.05, 0.1) is 0 Å². The number of rotatable bonds is 5. The molecule has 0 amide bonds. The fourth-order valence-electron chi connectivity index (χ4n) is 3.41. The van der Waals surface area contributed by atoms with Gasteiger partial charge in [-0.25, -0.2) is 0 Å². The zero-order valence-electron chi connectivity index (χ0n) is 11.0. The van der Waals surface area contributed by atoms with Crippen molar-refractivity contribution in [2.75, 3.05) is 26.2 Å². The summed E-state index contributed by atoms with van der Waals surface area (Å²) < 4.78 is 0. The number of nitrogens with zero attached hydrogens (tertiary/aromatic N) is 1. The standard InChI is InChI=1S/C14H28N2/c1-12(2)15-7-4-8-16-10-13-5-3-6-14(9-13)11-16/h12-15H,3-11H2,1-2H3. The molecule has 1 aliphatic heterocycles. The highest BCUT2D eigenvalue weighted by Gasteiger charge is 2.29. The van der Waals surface area contributed by atoms with Crippen molar-refractivity contribution >= 4 is 0 Å². The van der Waals surface area contributed by atoms with Crippen molar-refractivity contribution < 1.29 is 0 Å². The maximum absolute atomic E-state index is 3.51. The van der Waals surface area contributed by atoms with E-state index in [2.05, 4.69) is 24.1 Å². The van der Waals surface area contributed by atoms with Gasteiger partial charge in [-0.1, -0.05) is 20.3 Å². The van der Waals surface area contributed by atoms with E-state index in [9.17, 15) is 0 Å². The van der Waals surface area contributed by atoms with Crippen LogP contribution >= 0.6 is 0 Å². The summed E-state index contributed by atoms with van der Waals surface area (Å²) in [5.41, 5.74) is 0. The summed E-state index contributed by atoms with van der Waals surface area (Å²) in [6.07, 6.45) is 7.34. The van der Waals surface area contributed by atoms with Crippen molar-refractivity contribution in [1.29, 1.82) is 0 Å². The molecule has 2 fully saturated rings. The summed E-state index contributed by atoms with van der Waals surface area (Å²) in [5.74, 6) is 2.07. The molecule has 1 N–H and O–H groups in total. The first-order valence-electron chi connectivity index (χ1n) is 7.20. The second-order valence-corrected chi connectivity index (χ2v) is 6.12. The second kappa shape index (κ2) is 6.02. The Morgan fingerprint density at radius 3 is 2.50 bits per heavy atom. The predicted molar refractivity (Wildman–Crippen MR) is 69.6 cm³/mol. The summed E-state index contributed by atoms with van der Waals surface area (Å²) in [6, 6.07) is 0.640. The normalized spacial score (nSPS) is 30.9. The highest BCUT2D eigenvalue weighted by molar-refractivity contribution is 4.83. The lowest BCUT2D eigenvalue weighted by atomic mass is 9.78. The van der Waals surface area contributed by atoms with Crippen molar-refractivity contribution in [2.45, 2.75) is 52.0 Å². The molecule has 1 aliphatic carbocycles. The van der Waals surface area contributed by atoms with E-state index in [-0.39, 0.29) is 0 Å². The van der Waals surface area contributed by atoms with Gasteiger partial charge in [0.2, 0.25) is 0 Å². The second-order valence-electron chi connectivity index (χ2n) is 6.12. The van der Waals surface area contributed by atoms with Crippen molar-refractivity contribution in [3.8, 4) is 0 Å². The highest BCUT2D eigenvalue weighted by atomic mass is 15.1. The minimum atomic E-state index is 0.640. The molecule has 0 aromatic carbocycles. The number of hydrogen-bond acceptors (Lipinski definition) is 2. The van der Waals surface area contributed by atoms with Gasteiger partial charge in [-0.15, -0.1) is 0 Å². The number of piperidine rings is 1. The Kier molecular flexibility index (Phi) is 4.66. The maximum Gasteiger partial charge on any atom is 0.00103 e. The van der Waals surface area contributed by atoms with E-state index < -0.39 is 0 Å². The van der Waals surface area contributed by atoms with Gasteiger partial charge in [-0.2, -0.15) is 0 Å². The van der Waals surface area contributed by atoms with E-state index in [1.807, 2.05) is 0 Å². The molecule has 16 heavy (non-hydrogen) atoms. The van der Waals surface area contributed by atoms with E-state index in [1.165, 1.54) is 58.3 Å². The Balaban J connectivity index is 1.63. The van der Waals surface area contributed by atoms with E-state index in [0.717, 1.165) is 11.8 Å². The third kappa shape index (κ3) is 3.74. The van der Waals surface area contributed by atoms with Crippen molar-refractivity contribution in [1.82, 2.24) is 10.2 Å². The fourth-order valence-corrected chi connectivity index (χ4v) is 3.41. The molecule has 0 aromatic rings. The van der Waals surface area contributed by atoms with E-state index >= 15 is 0 Å². The first-order valence-corrected chi connectivity index (χ1v) is 7.20. The van der Waals surface area contributed by atoms with Crippen LogP contribution in [0.5, 0.6) is 0 Å². The van der Waals surface area contributed by atoms with Crippen LogP contribution in [0.1, 0.15) is 46.0 Å². The van der Waals surface area contributed by atoms with Crippen molar-refractivity contribution in [3.05, 3.63) is 0 Å². The van der Waals surface area contributed by atoms with Gasteiger partial charge in [-0.3, -0.25) is 0 Å². The molecule has 2 heteroatoms. The SMILES string of the molecule is CC(C)NCCCN1CC2CCCC(C2)C1. The summed E-state index contributed by atoms with van der Waals surface area (Å²) in [5, 5.41) is 3.51. The molecule has 2 rings (SSSR count). The number of hydrogen-bond donors (Lipinski definition) is 1. The largest absolute Gasteiger partial charge is 0.314 e. The quantitative estimate of drug-likeness (QED) is 0.722. The molecule has 2 unspecified atom stereocenters. The third-order valence-electron chi connectivity index (χ3n) is 4.13. The Morgan fingerprint density at radius 1 is 1.19 bits per heavy atom. The number of fused-ring (bicyclic) bond motifs is 2. The summed E-state index contributed by atoms with van der Waals surface area (Å²) in [6.45, 7) is 9.73. The molecule has 1 saturated heterocycles. The Hall–Kier alpha value is -0.0800. The number of likely N-dealkylation sites (tertiary alicyclic amines) is 1. The first-order chi connectivity index (χ1) is 7.74. The van der Waals surface area contributed by atoms with Crippen LogP contribution in [0.3, 0.4) is 0 Å². The average Bonchev–Trinajstić information content (AvgIpc) is 2.24. The zero-order chi connectivity index (χ0) is 11.4. The Bertz CT molecular complexity index is 191. The molecule has 2 bridgehead atoms. The molecule has 2 atom stereocenters. The van der Waals surface area contributed by atoms with Crippen LogP contribution in [0.4, 0.5) is 0 Å². The molecule has 1 saturated carbocycles. The van der Waals surface area contributed by atoms with E-state index in [1.54, 1.807) is 0 Å². The topological polar surface area (TPSA) is 15.3 Å². The van der Waals surface area contributed by atoms with Crippen LogP contribution in [0, 0.1) is 11.8 Å². The van der Waals surface area contributed by atoms with Gasteiger partial charge in [0.25, 0.3) is 0 Å². The van der Waals surface area contributed by atoms with Gasteiger partial charge in [0.15, 0.2) is 0 Å².